The second-order valence-corrected chi connectivity index (χ2v) is 11.7. The maximum absolute atomic E-state index is 12.3. The van der Waals surface area contributed by atoms with Gasteiger partial charge in [0.05, 0.1) is 24.3 Å². The Morgan fingerprint density at radius 2 is 0.894 bits per heavy atom. The Morgan fingerprint density at radius 3 is 1.21 bits per heavy atom. The van der Waals surface area contributed by atoms with Gasteiger partial charge in [-0.05, 0) is 93.0 Å². The van der Waals surface area contributed by atoms with Crippen LogP contribution in [0.2, 0.25) is 0 Å². The first-order valence-corrected chi connectivity index (χ1v) is 16.4. The van der Waals surface area contributed by atoms with E-state index in [0.717, 1.165) is 26.2 Å². The Kier molecular flexibility index (Phi) is 17.3. The van der Waals surface area contributed by atoms with Crippen molar-refractivity contribution in [2.24, 2.45) is 5.41 Å². The fourth-order valence-corrected chi connectivity index (χ4v) is 4.43. The Balaban J connectivity index is 1.64. The van der Waals surface area contributed by atoms with Crippen molar-refractivity contribution in [2.75, 3.05) is 76.3 Å². The van der Waals surface area contributed by atoms with Crippen LogP contribution in [-0.4, -0.2) is 99.6 Å². The standard InChI is InChI=1S/C35H52N4O8/c1-7-38(8-2)21-25-44-31(40)27-11-15-29(16-12-27)36-33(42)46-23-19-35(5,6)20-24-47-34(43)37-30-17-13-28(14-18-30)32(41)45-26-22-39(9-3)10-4/h11-18H,7-10,19-26H2,1-6H3,(H,36,42)(H,37,43). The summed E-state index contributed by atoms with van der Waals surface area (Å²) in [5.41, 5.74) is 1.53. The Bertz CT molecular complexity index is 1150. The zero-order valence-electron chi connectivity index (χ0n) is 28.8. The number of carbonyl (C=O) groups excluding carboxylic acids is 4. The summed E-state index contributed by atoms with van der Waals surface area (Å²) < 4.78 is 21.3. The van der Waals surface area contributed by atoms with Crippen molar-refractivity contribution in [3.8, 4) is 0 Å². The third kappa shape index (κ3) is 15.3. The molecular weight excluding hydrogens is 604 g/mol. The minimum atomic E-state index is -0.607. The molecule has 0 saturated carbocycles. The van der Waals surface area contributed by atoms with Gasteiger partial charge < -0.3 is 28.7 Å². The van der Waals surface area contributed by atoms with Crippen LogP contribution in [-0.2, 0) is 18.9 Å². The van der Waals surface area contributed by atoms with Gasteiger partial charge in [0, 0.05) is 24.5 Å². The van der Waals surface area contributed by atoms with Crippen molar-refractivity contribution < 1.29 is 38.1 Å². The molecule has 2 N–H and O–H groups in total. The van der Waals surface area contributed by atoms with E-state index >= 15 is 0 Å². The maximum Gasteiger partial charge on any atom is 0.411 e. The zero-order chi connectivity index (χ0) is 34.7. The Labute approximate surface area is 279 Å². The molecule has 2 rings (SSSR count). The first kappa shape index (κ1) is 39.0. The van der Waals surface area contributed by atoms with Crippen LogP contribution in [0.25, 0.3) is 0 Å². The van der Waals surface area contributed by atoms with E-state index in [1.54, 1.807) is 48.5 Å². The second-order valence-electron chi connectivity index (χ2n) is 11.7. The zero-order valence-corrected chi connectivity index (χ0v) is 28.8. The molecule has 0 heterocycles. The van der Waals surface area contributed by atoms with Gasteiger partial charge >= 0.3 is 24.1 Å². The van der Waals surface area contributed by atoms with E-state index in [9.17, 15) is 19.2 Å². The van der Waals surface area contributed by atoms with Crippen LogP contribution < -0.4 is 10.6 Å². The minimum absolute atomic E-state index is 0.173. The highest BCUT2D eigenvalue weighted by Gasteiger charge is 2.20. The number of likely N-dealkylation sites (N-methyl/N-ethyl adjacent to an activating group) is 2. The third-order valence-electron chi connectivity index (χ3n) is 7.83. The molecule has 2 aromatic rings. The number of benzene rings is 2. The van der Waals surface area contributed by atoms with Crippen LogP contribution >= 0.6 is 0 Å². The van der Waals surface area contributed by atoms with E-state index in [0.29, 0.717) is 61.6 Å². The summed E-state index contributed by atoms with van der Waals surface area (Å²) in [6.07, 6.45) is -0.110. The number of carbonyl (C=O) groups is 4. The molecule has 0 aliphatic heterocycles. The van der Waals surface area contributed by atoms with E-state index in [4.69, 9.17) is 18.9 Å². The number of ether oxygens (including phenoxy) is 4. The van der Waals surface area contributed by atoms with Gasteiger partial charge in [0.25, 0.3) is 0 Å². The molecule has 0 radical (unpaired) electrons. The molecule has 0 aliphatic carbocycles. The Hall–Kier alpha value is -4.16. The van der Waals surface area contributed by atoms with Crippen LogP contribution in [0.1, 0.15) is 75.1 Å². The fourth-order valence-electron chi connectivity index (χ4n) is 4.43. The molecule has 2 aromatic carbocycles. The summed E-state index contributed by atoms with van der Waals surface area (Å²) in [7, 11) is 0. The topological polar surface area (TPSA) is 136 Å². The van der Waals surface area contributed by atoms with Crippen molar-refractivity contribution in [3.05, 3.63) is 59.7 Å². The number of hydrogen-bond acceptors (Lipinski definition) is 10. The second kappa shape index (κ2) is 20.9. The Morgan fingerprint density at radius 1 is 0.553 bits per heavy atom. The summed E-state index contributed by atoms with van der Waals surface area (Å²) in [6.45, 7) is 18.1. The number of hydrogen-bond donors (Lipinski definition) is 2. The minimum Gasteiger partial charge on any atom is -0.461 e. The van der Waals surface area contributed by atoms with E-state index in [-0.39, 0.29) is 18.6 Å². The molecule has 0 fully saturated rings. The lowest BCUT2D eigenvalue weighted by Gasteiger charge is -2.24. The first-order valence-electron chi connectivity index (χ1n) is 16.4. The molecule has 0 aliphatic rings. The molecule has 12 heteroatoms. The van der Waals surface area contributed by atoms with Crippen LogP contribution in [0.15, 0.2) is 48.5 Å². The van der Waals surface area contributed by atoms with Crippen LogP contribution in [0.3, 0.4) is 0 Å². The van der Waals surface area contributed by atoms with Gasteiger partial charge in [0.15, 0.2) is 0 Å². The predicted molar refractivity (Wildman–Crippen MR) is 182 cm³/mol. The van der Waals surface area contributed by atoms with Crippen molar-refractivity contribution in [3.63, 3.8) is 0 Å². The van der Waals surface area contributed by atoms with Gasteiger partial charge in [-0.3, -0.25) is 10.6 Å². The fraction of sp³-hybridized carbons (Fsp3) is 0.543. The monoisotopic (exact) mass is 656 g/mol. The van der Waals surface area contributed by atoms with Gasteiger partial charge in [-0.1, -0.05) is 41.5 Å². The molecule has 0 saturated heterocycles. The van der Waals surface area contributed by atoms with Gasteiger partial charge in [-0.25, -0.2) is 19.2 Å². The lowest BCUT2D eigenvalue weighted by atomic mass is 9.86. The number of amides is 2. The van der Waals surface area contributed by atoms with E-state index in [1.165, 1.54) is 0 Å². The summed E-state index contributed by atoms with van der Waals surface area (Å²) in [6, 6.07) is 12.8. The number of esters is 2. The number of nitrogens with one attached hydrogen (secondary N) is 2. The van der Waals surface area contributed by atoms with Crippen LogP contribution in [0.5, 0.6) is 0 Å². The SMILES string of the molecule is CCN(CC)CCOC(=O)c1ccc(NC(=O)OCCC(C)(C)CCOC(=O)Nc2ccc(C(=O)OCCN(CC)CC)cc2)cc1. The molecule has 47 heavy (non-hydrogen) atoms. The van der Waals surface area contributed by atoms with Crippen molar-refractivity contribution >= 4 is 35.5 Å². The van der Waals surface area contributed by atoms with E-state index in [2.05, 4.69) is 48.1 Å². The molecule has 0 bridgehead atoms. The lowest BCUT2D eigenvalue weighted by molar-refractivity contribution is 0.0457. The molecule has 0 spiro atoms. The number of nitrogens with zero attached hydrogens (tertiary/aromatic N) is 2. The molecule has 0 atom stereocenters. The lowest BCUT2D eigenvalue weighted by Crippen LogP contribution is -2.27. The highest BCUT2D eigenvalue weighted by atomic mass is 16.6. The number of rotatable bonds is 20. The molecular formula is C35H52N4O8. The number of anilines is 2. The quantitative estimate of drug-likeness (QED) is 0.124. The van der Waals surface area contributed by atoms with Crippen molar-refractivity contribution in [1.29, 1.82) is 0 Å². The van der Waals surface area contributed by atoms with Gasteiger partial charge in [-0.15, -0.1) is 0 Å². The van der Waals surface area contributed by atoms with E-state index < -0.39 is 24.1 Å². The molecule has 0 aromatic heterocycles. The van der Waals surface area contributed by atoms with Gasteiger partial charge in [0.1, 0.15) is 13.2 Å². The molecule has 2 amide bonds. The molecule has 12 nitrogen and oxygen atoms in total. The van der Waals surface area contributed by atoms with Crippen molar-refractivity contribution in [1.82, 2.24) is 9.80 Å². The van der Waals surface area contributed by atoms with Gasteiger partial charge in [0.2, 0.25) is 0 Å². The predicted octanol–water partition coefficient (Wildman–Crippen LogP) is 6.29. The smallest absolute Gasteiger partial charge is 0.411 e. The van der Waals surface area contributed by atoms with Crippen LogP contribution in [0, 0.1) is 5.41 Å². The first-order chi connectivity index (χ1) is 22.5. The third-order valence-corrected chi connectivity index (χ3v) is 7.83. The average Bonchev–Trinajstić information content (AvgIpc) is 3.05. The highest BCUT2D eigenvalue weighted by Crippen LogP contribution is 2.25. The summed E-state index contributed by atoms with van der Waals surface area (Å²) in [5.74, 6) is -0.825. The summed E-state index contributed by atoms with van der Waals surface area (Å²) >= 11 is 0. The normalized spacial score (nSPS) is 11.2. The maximum atomic E-state index is 12.3. The largest absolute Gasteiger partial charge is 0.461 e. The average molecular weight is 657 g/mol. The molecule has 260 valence electrons. The van der Waals surface area contributed by atoms with E-state index in [1.807, 2.05) is 13.8 Å². The van der Waals surface area contributed by atoms with Crippen molar-refractivity contribution in [2.45, 2.75) is 54.4 Å². The van der Waals surface area contributed by atoms with Gasteiger partial charge in [-0.2, -0.15) is 0 Å². The van der Waals surface area contributed by atoms with Crippen LogP contribution in [0.4, 0.5) is 21.0 Å². The summed E-state index contributed by atoms with van der Waals surface area (Å²) in [4.78, 5) is 53.4. The molecule has 0 unspecified atom stereocenters. The highest BCUT2D eigenvalue weighted by molar-refractivity contribution is 5.92. The summed E-state index contributed by atoms with van der Waals surface area (Å²) in [5, 5.41) is 5.30.